The molecular formula is C21H34O4P+. The van der Waals surface area contributed by atoms with Gasteiger partial charge in [0.1, 0.15) is 5.92 Å². The number of unbranched alkanes of at least 4 members (excludes halogenated alkanes) is 2. The molecule has 1 aromatic carbocycles. The minimum absolute atomic E-state index is 0.0980. The Morgan fingerprint density at radius 1 is 1.04 bits per heavy atom. The summed E-state index contributed by atoms with van der Waals surface area (Å²) in [5.41, 5.74) is 3.68. The third kappa shape index (κ3) is 7.78. The van der Waals surface area contributed by atoms with Gasteiger partial charge in [0.25, 0.3) is 0 Å². The van der Waals surface area contributed by atoms with E-state index in [9.17, 15) is 9.59 Å². The van der Waals surface area contributed by atoms with Crippen LogP contribution >= 0.6 is 9.12 Å². The maximum atomic E-state index is 13.1. The second kappa shape index (κ2) is 12.8. The minimum atomic E-state index is -0.702. The number of aryl methyl sites for hydroxylation is 3. The summed E-state index contributed by atoms with van der Waals surface area (Å²) in [7, 11) is 1.17. The molecule has 0 radical (unpaired) electrons. The second-order valence-corrected chi connectivity index (χ2v) is 7.19. The molecule has 1 rings (SSSR count). The lowest BCUT2D eigenvalue weighted by molar-refractivity contribution is -0.147. The van der Waals surface area contributed by atoms with Crippen LogP contribution in [0.1, 0.15) is 73.5 Å². The number of benzene rings is 1. The van der Waals surface area contributed by atoms with Gasteiger partial charge in [-0.2, -0.15) is 0 Å². The number of esters is 1. The molecule has 0 bridgehead atoms. The van der Waals surface area contributed by atoms with Crippen molar-refractivity contribution in [3.8, 4) is 0 Å². The average Bonchev–Trinajstić information content (AvgIpc) is 2.57. The Morgan fingerprint density at radius 2 is 1.58 bits per heavy atom. The van der Waals surface area contributed by atoms with E-state index < -0.39 is 5.92 Å². The largest absolute Gasteiger partial charge is 0.465 e. The molecule has 0 aliphatic heterocycles. The molecule has 0 aliphatic carbocycles. The van der Waals surface area contributed by atoms with Crippen molar-refractivity contribution in [3.05, 3.63) is 34.4 Å². The number of ketones is 1. The Balaban J connectivity index is 0.00000301. The van der Waals surface area contributed by atoms with Crippen molar-refractivity contribution in [2.24, 2.45) is 11.8 Å². The third-order valence-electron chi connectivity index (χ3n) is 4.22. The van der Waals surface area contributed by atoms with Gasteiger partial charge in [0, 0.05) is 5.56 Å². The van der Waals surface area contributed by atoms with E-state index in [0.717, 1.165) is 36.0 Å². The Labute approximate surface area is 160 Å². The van der Waals surface area contributed by atoms with Crippen LogP contribution in [0, 0.1) is 32.6 Å². The van der Waals surface area contributed by atoms with Crippen LogP contribution in [0.25, 0.3) is 0 Å². The Bertz CT molecular complexity index is 573. The van der Waals surface area contributed by atoms with Crippen LogP contribution in [0.2, 0.25) is 0 Å². The standard InChI is InChI=1S/C21H32O3.H2OP/c1-7-8-9-10-24-21(23)18(11-14(2)3)20(22)19-16(5)12-15(4)13-17(19)6;1-2/h12-14,18H,7-11H2,1-6H3;2H2/q;+1. The highest BCUT2D eigenvalue weighted by Gasteiger charge is 2.31. The molecule has 0 aliphatic rings. The topological polar surface area (TPSA) is 60.4 Å². The highest BCUT2D eigenvalue weighted by molar-refractivity contribution is 7.00. The number of carbonyl (C=O) groups is 2. The molecule has 0 spiro atoms. The molecule has 2 unspecified atom stereocenters. The van der Waals surface area contributed by atoms with Crippen molar-refractivity contribution < 1.29 is 18.9 Å². The molecule has 26 heavy (non-hydrogen) atoms. The zero-order valence-corrected chi connectivity index (χ0v) is 18.2. The molecule has 0 N–H and O–H groups in total. The van der Waals surface area contributed by atoms with E-state index in [0.29, 0.717) is 18.6 Å². The molecule has 0 fully saturated rings. The Morgan fingerprint density at radius 3 is 2.04 bits per heavy atom. The van der Waals surface area contributed by atoms with Gasteiger partial charge in [-0.1, -0.05) is 55.9 Å². The van der Waals surface area contributed by atoms with Gasteiger partial charge in [-0.25, -0.2) is 0 Å². The van der Waals surface area contributed by atoms with Crippen molar-refractivity contribution in [2.45, 2.75) is 67.2 Å². The van der Waals surface area contributed by atoms with Gasteiger partial charge in [-0.3, -0.25) is 9.59 Å². The van der Waals surface area contributed by atoms with Crippen molar-refractivity contribution in [2.75, 3.05) is 6.61 Å². The molecule has 146 valence electrons. The molecular weight excluding hydrogens is 347 g/mol. The summed E-state index contributed by atoms with van der Waals surface area (Å²) in [6.07, 6.45) is 3.49. The number of hydrogen-bond acceptors (Lipinski definition) is 4. The van der Waals surface area contributed by atoms with Crippen LogP contribution in [-0.4, -0.2) is 18.4 Å². The maximum absolute atomic E-state index is 13.1. The number of rotatable bonds is 9. The van der Waals surface area contributed by atoms with E-state index in [1.54, 1.807) is 0 Å². The van der Waals surface area contributed by atoms with Gasteiger partial charge >= 0.3 is 15.1 Å². The van der Waals surface area contributed by atoms with Crippen LogP contribution in [0.4, 0.5) is 0 Å². The summed E-state index contributed by atoms with van der Waals surface area (Å²) in [4.78, 5) is 25.6. The molecule has 2 atom stereocenters. The number of Topliss-reactive ketones (excluding diaryl/α,β-unsaturated/α-hetero) is 1. The molecule has 0 amide bonds. The number of ether oxygens (including phenoxy) is 1. The maximum Gasteiger partial charge on any atom is 0.316 e. The summed E-state index contributed by atoms with van der Waals surface area (Å²) in [5.74, 6) is -0.914. The zero-order valence-electron chi connectivity index (χ0n) is 17.1. The zero-order chi connectivity index (χ0) is 20.3. The second-order valence-electron chi connectivity index (χ2n) is 7.19. The third-order valence-corrected chi connectivity index (χ3v) is 4.22. The normalized spacial score (nSPS) is 11.5. The fourth-order valence-electron chi connectivity index (χ4n) is 3.15. The highest BCUT2D eigenvalue weighted by Crippen LogP contribution is 2.24. The first kappa shape index (κ1) is 24.5. The fourth-order valence-corrected chi connectivity index (χ4v) is 3.15. The fraction of sp³-hybridized carbons (Fsp3) is 0.619. The molecule has 1 aromatic rings. The van der Waals surface area contributed by atoms with E-state index in [4.69, 9.17) is 9.30 Å². The lowest BCUT2D eigenvalue weighted by Gasteiger charge is -2.19. The van der Waals surface area contributed by atoms with Crippen LogP contribution in [0.5, 0.6) is 0 Å². The Hall–Kier alpha value is -1.54. The van der Waals surface area contributed by atoms with Gasteiger partial charge in [0.2, 0.25) is 0 Å². The van der Waals surface area contributed by atoms with Crippen molar-refractivity contribution in [1.82, 2.24) is 0 Å². The van der Waals surface area contributed by atoms with E-state index in [-0.39, 0.29) is 17.7 Å². The Kier molecular flexibility index (Phi) is 12.0. The highest BCUT2D eigenvalue weighted by atomic mass is 31.0. The first-order chi connectivity index (χ1) is 12.3. The first-order valence-corrected chi connectivity index (χ1v) is 9.77. The van der Waals surface area contributed by atoms with Crippen LogP contribution in [-0.2, 0) is 14.1 Å². The van der Waals surface area contributed by atoms with Crippen LogP contribution in [0.3, 0.4) is 0 Å². The van der Waals surface area contributed by atoms with Gasteiger partial charge in [0.15, 0.2) is 5.78 Å². The predicted molar refractivity (Wildman–Crippen MR) is 109 cm³/mol. The van der Waals surface area contributed by atoms with E-state index >= 15 is 0 Å². The molecule has 5 heteroatoms. The summed E-state index contributed by atoms with van der Waals surface area (Å²) in [5, 5.41) is 0. The predicted octanol–water partition coefficient (Wildman–Crippen LogP) is 5.40. The van der Waals surface area contributed by atoms with Gasteiger partial charge in [-0.15, -0.1) is 0 Å². The average molecular weight is 381 g/mol. The SMILES string of the molecule is CCCCCOC(=O)C(CC(C)C)C(=O)c1c(C)cc(C)cc1C.O=[PH2+]. The summed E-state index contributed by atoms with van der Waals surface area (Å²) < 4.78 is 13.6. The summed E-state index contributed by atoms with van der Waals surface area (Å²) in [6.45, 7) is 12.5. The van der Waals surface area contributed by atoms with Crippen molar-refractivity contribution in [1.29, 1.82) is 0 Å². The molecule has 4 nitrogen and oxygen atoms in total. The monoisotopic (exact) mass is 381 g/mol. The first-order valence-electron chi connectivity index (χ1n) is 9.30. The number of carbonyl (C=O) groups excluding carboxylic acids is 2. The minimum Gasteiger partial charge on any atom is -0.465 e. The molecule has 0 heterocycles. The molecule has 0 saturated carbocycles. The number of hydrogen-bond donors (Lipinski definition) is 0. The summed E-state index contributed by atoms with van der Waals surface area (Å²) in [6, 6.07) is 4.00. The van der Waals surface area contributed by atoms with Crippen molar-refractivity contribution >= 4 is 20.9 Å². The van der Waals surface area contributed by atoms with Gasteiger partial charge in [-0.05, 0) is 50.7 Å². The lowest BCUT2D eigenvalue weighted by atomic mass is 9.85. The smallest absolute Gasteiger partial charge is 0.316 e. The molecule has 0 saturated heterocycles. The summed E-state index contributed by atoms with van der Waals surface area (Å²) >= 11 is 0. The van der Waals surface area contributed by atoms with E-state index in [1.165, 1.54) is 9.12 Å². The quantitative estimate of drug-likeness (QED) is 0.189. The van der Waals surface area contributed by atoms with E-state index in [2.05, 4.69) is 6.92 Å². The van der Waals surface area contributed by atoms with Crippen molar-refractivity contribution in [3.63, 3.8) is 0 Å². The van der Waals surface area contributed by atoms with Gasteiger partial charge in [0.05, 0.1) is 6.61 Å². The van der Waals surface area contributed by atoms with Crippen LogP contribution < -0.4 is 0 Å². The molecule has 0 aromatic heterocycles. The van der Waals surface area contributed by atoms with Gasteiger partial charge < -0.3 is 4.74 Å². The van der Waals surface area contributed by atoms with Crippen LogP contribution in [0.15, 0.2) is 12.1 Å². The lowest BCUT2D eigenvalue weighted by Crippen LogP contribution is -2.29. The van der Waals surface area contributed by atoms with E-state index in [1.807, 2.05) is 46.8 Å².